The predicted molar refractivity (Wildman–Crippen MR) is 173 cm³/mol. The van der Waals surface area contributed by atoms with Gasteiger partial charge in [-0.15, -0.1) is 0 Å². The molecule has 0 spiro atoms. The lowest BCUT2D eigenvalue weighted by molar-refractivity contribution is -0.139. The van der Waals surface area contributed by atoms with Gasteiger partial charge in [0.25, 0.3) is 10.0 Å². The molecule has 0 heterocycles. The van der Waals surface area contributed by atoms with Gasteiger partial charge in [0.2, 0.25) is 11.8 Å². The number of sulfonamides is 1. The van der Waals surface area contributed by atoms with Gasteiger partial charge in [-0.05, 0) is 75.6 Å². The highest BCUT2D eigenvalue weighted by molar-refractivity contribution is 7.92. The third kappa shape index (κ3) is 8.04. The third-order valence-electron chi connectivity index (χ3n) is 7.84. The van der Waals surface area contributed by atoms with Gasteiger partial charge in [0, 0.05) is 33.2 Å². The van der Waals surface area contributed by atoms with Crippen LogP contribution in [-0.2, 0) is 26.2 Å². The maximum Gasteiger partial charge on any atom is 0.264 e. The van der Waals surface area contributed by atoms with E-state index in [2.05, 4.69) is 5.32 Å². The van der Waals surface area contributed by atoms with Gasteiger partial charge in [-0.3, -0.25) is 13.9 Å². The number of anilines is 1. The van der Waals surface area contributed by atoms with Gasteiger partial charge in [-0.2, -0.15) is 0 Å². The number of aryl methyl sites for hydroxylation is 2. The summed E-state index contributed by atoms with van der Waals surface area (Å²) in [5.41, 5.74) is 2.33. The maximum absolute atomic E-state index is 14.2. The molecule has 1 atom stereocenters. The van der Waals surface area contributed by atoms with Gasteiger partial charge in [-0.1, -0.05) is 83.9 Å². The van der Waals surface area contributed by atoms with Gasteiger partial charge < -0.3 is 10.2 Å². The van der Waals surface area contributed by atoms with E-state index in [1.165, 1.54) is 23.1 Å². The molecule has 0 bridgehead atoms. The van der Waals surface area contributed by atoms with E-state index in [-0.39, 0.29) is 29.1 Å². The number of carbonyl (C=O) groups excluding carboxylic acids is 2. The van der Waals surface area contributed by atoms with Crippen molar-refractivity contribution in [2.45, 2.75) is 76.4 Å². The number of rotatable bonds is 10. The highest BCUT2D eigenvalue weighted by Crippen LogP contribution is 2.30. The van der Waals surface area contributed by atoms with E-state index in [1.54, 1.807) is 56.3 Å². The number of benzene rings is 3. The lowest BCUT2D eigenvalue weighted by atomic mass is 9.95. The molecule has 4 rings (SSSR count). The fourth-order valence-electron chi connectivity index (χ4n) is 5.11. The van der Waals surface area contributed by atoms with Crippen molar-refractivity contribution in [3.05, 3.63) is 92.4 Å². The smallest absolute Gasteiger partial charge is 0.264 e. The second kappa shape index (κ2) is 14.3. The van der Waals surface area contributed by atoms with Crippen molar-refractivity contribution in [2.75, 3.05) is 10.8 Å². The molecule has 1 saturated carbocycles. The van der Waals surface area contributed by atoms with Crippen molar-refractivity contribution in [3.8, 4) is 0 Å². The predicted octanol–water partition coefficient (Wildman–Crippen LogP) is 7.33. The van der Waals surface area contributed by atoms with Crippen LogP contribution in [0.15, 0.2) is 65.6 Å². The van der Waals surface area contributed by atoms with Crippen LogP contribution in [0.5, 0.6) is 0 Å². The Hall–Kier alpha value is -2.78. The Labute approximate surface area is 269 Å². The van der Waals surface area contributed by atoms with Crippen molar-refractivity contribution in [1.29, 1.82) is 0 Å². The molecule has 1 fully saturated rings. The first-order valence-corrected chi connectivity index (χ1v) is 16.8. The fourth-order valence-corrected chi connectivity index (χ4v) is 7.21. The molecule has 0 unspecified atom stereocenters. The SMILES string of the molecule is Cc1ccc(S(=O)(=O)N(CC(=O)N(Cc2c(Cl)cccc2Cl)[C@@H](C)C(=O)NC2CCCCC2)c2ccc(C)c(Cl)c2)cc1. The van der Waals surface area contributed by atoms with E-state index in [1.807, 2.05) is 6.92 Å². The first kappa shape index (κ1) is 33.1. The molecule has 11 heteroatoms. The van der Waals surface area contributed by atoms with Crippen LogP contribution >= 0.6 is 34.8 Å². The van der Waals surface area contributed by atoms with Crippen LogP contribution in [0.25, 0.3) is 0 Å². The zero-order valence-corrected chi connectivity index (χ0v) is 27.5. The fraction of sp³-hybridized carbons (Fsp3) is 0.375. The zero-order valence-electron chi connectivity index (χ0n) is 24.4. The Kier molecular flexibility index (Phi) is 11.0. The van der Waals surface area contributed by atoms with E-state index >= 15 is 0 Å². The first-order chi connectivity index (χ1) is 20.4. The average Bonchev–Trinajstić information content (AvgIpc) is 2.97. The third-order valence-corrected chi connectivity index (χ3v) is 10.7. The molecule has 1 aliphatic carbocycles. The van der Waals surface area contributed by atoms with E-state index in [0.29, 0.717) is 20.6 Å². The van der Waals surface area contributed by atoms with Crippen molar-refractivity contribution in [1.82, 2.24) is 10.2 Å². The largest absolute Gasteiger partial charge is 0.352 e. The Morgan fingerprint density at radius 1 is 0.907 bits per heavy atom. The molecule has 7 nitrogen and oxygen atoms in total. The second-order valence-corrected chi connectivity index (χ2v) is 14.1. The molecular formula is C32H36Cl3N3O4S. The molecule has 0 aromatic heterocycles. The molecule has 3 aromatic rings. The van der Waals surface area contributed by atoms with E-state index in [9.17, 15) is 18.0 Å². The van der Waals surface area contributed by atoms with E-state index in [4.69, 9.17) is 34.8 Å². The molecular weight excluding hydrogens is 629 g/mol. The van der Waals surface area contributed by atoms with Gasteiger partial charge >= 0.3 is 0 Å². The molecule has 1 aliphatic rings. The van der Waals surface area contributed by atoms with Crippen LogP contribution in [0.2, 0.25) is 15.1 Å². The van der Waals surface area contributed by atoms with Crippen LogP contribution < -0.4 is 9.62 Å². The highest BCUT2D eigenvalue weighted by Gasteiger charge is 2.34. The number of hydrogen-bond acceptors (Lipinski definition) is 4. The molecule has 0 aliphatic heterocycles. The minimum atomic E-state index is -4.21. The van der Waals surface area contributed by atoms with Gasteiger partial charge in [0.15, 0.2) is 0 Å². The quantitative estimate of drug-likeness (QED) is 0.246. The zero-order chi connectivity index (χ0) is 31.3. The number of nitrogens with zero attached hydrogens (tertiary/aromatic N) is 2. The molecule has 0 saturated heterocycles. The summed E-state index contributed by atoms with van der Waals surface area (Å²) in [7, 11) is -4.21. The number of halogens is 3. The Bertz CT molecular complexity index is 1550. The topological polar surface area (TPSA) is 86.8 Å². The summed E-state index contributed by atoms with van der Waals surface area (Å²) in [6.07, 6.45) is 4.94. The summed E-state index contributed by atoms with van der Waals surface area (Å²) < 4.78 is 29.1. The molecule has 1 N–H and O–H groups in total. The van der Waals surface area contributed by atoms with Crippen molar-refractivity contribution >= 4 is 62.3 Å². The molecule has 0 radical (unpaired) electrons. The molecule has 3 aromatic carbocycles. The van der Waals surface area contributed by atoms with Crippen molar-refractivity contribution in [3.63, 3.8) is 0 Å². The molecule has 2 amide bonds. The van der Waals surface area contributed by atoms with Gasteiger partial charge in [-0.25, -0.2) is 8.42 Å². The van der Waals surface area contributed by atoms with Crippen molar-refractivity contribution in [2.24, 2.45) is 0 Å². The Morgan fingerprint density at radius 2 is 1.53 bits per heavy atom. The lowest BCUT2D eigenvalue weighted by Gasteiger charge is -2.33. The number of amides is 2. The summed E-state index contributed by atoms with van der Waals surface area (Å²) in [6, 6.07) is 15.3. The summed E-state index contributed by atoms with van der Waals surface area (Å²) in [5.74, 6) is -0.926. The summed E-state index contributed by atoms with van der Waals surface area (Å²) in [5, 5.41) is 4.10. The lowest BCUT2D eigenvalue weighted by Crippen LogP contribution is -2.53. The van der Waals surface area contributed by atoms with E-state index < -0.39 is 28.5 Å². The summed E-state index contributed by atoms with van der Waals surface area (Å²) in [6.45, 7) is 4.61. The van der Waals surface area contributed by atoms with E-state index in [0.717, 1.165) is 47.5 Å². The van der Waals surface area contributed by atoms with Crippen LogP contribution in [-0.4, -0.2) is 43.8 Å². The number of carbonyl (C=O) groups is 2. The van der Waals surface area contributed by atoms with Crippen LogP contribution in [0.1, 0.15) is 55.7 Å². The second-order valence-electron chi connectivity index (χ2n) is 11.0. The minimum absolute atomic E-state index is 0.0198. The van der Waals surface area contributed by atoms with Gasteiger partial charge in [0.05, 0.1) is 10.6 Å². The summed E-state index contributed by atoms with van der Waals surface area (Å²) in [4.78, 5) is 29.0. The monoisotopic (exact) mass is 663 g/mol. The van der Waals surface area contributed by atoms with Crippen LogP contribution in [0.3, 0.4) is 0 Å². The highest BCUT2D eigenvalue weighted by atomic mass is 35.5. The molecule has 230 valence electrons. The standard InChI is InChI=1S/C32H36Cl3N3O4S/c1-21-12-16-26(17-13-21)43(41,42)38(25-15-14-22(2)30(35)18-25)20-31(39)37(19-27-28(33)10-7-11-29(27)34)23(3)32(40)36-24-8-5-4-6-9-24/h7,10-18,23-24H,4-6,8-9,19-20H2,1-3H3,(H,36,40)/t23-/m0/s1. The average molecular weight is 665 g/mol. The first-order valence-electron chi connectivity index (χ1n) is 14.3. The summed E-state index contributed by atoms with van der Waals surface area (Å²) >= 11 is 19.3. The number of hydrogen-bond donors (Lipinski definition) is 1. The Morgan fingerprint density at radius 3 is 2.14 bits per heavy atom. The van der Waals surface area contributed by atoms with Gasteiger partial charge in [0.1, 0.15) is 12.6 Å². The normalized spacial score (nSPS) is 14.7. The minimum Gasteiger partial charge on any atom is -0.352 e. The Balaban J connectivity index is 1.73. The molecule has 43 heavy (non-hydrogen) atoms. The van der Waals surface area contributed by atoms with Crippen LogP contribution in [0, 0.1) is 13.8 Å². The number of nitrogens with one attached hydrogen (secondary N) is 1. The maximum atomic E-state index is 14.2. The van der Waals surface area contributed by atoms with Crippen LogP contribution in [0.4, 0.5) is 5.69 Å². The van der Waals surface area contributed by atoms with Crippen molar-refractivity contribution < 1.29 is 18.0 Å².